The summed E-state index contributed by atoms with van der Waals surface area (Å²) in [6, 6.07) is -0.531. The molecule has 0 saturated heterocycles. The number of rotatable bonds is 2. The van der Waals surface area contributed by atoms with Gasteiger partial charge in [0.25, 0.3) is 0 Å². The maximum absolute atomic E-state index is 10.3. The molecule has 2 aromatic heterocycles. The Morgan fingerprint density at radius 2 is 2.20 bits per heavy atom. The number of imidazole rings is 1. The molecular formula is C5H5N5O4S. The molecule has 0 amide bonds. The molecule has 4 N–H and O–H groups in total. The number of H-pyrrole nitrogens is 1. The highest BCUT2D eigenvalue weighted by molar-refractivity contribution is 7.81. The van der Waals surface area contributed by atoms with Gasteiger partial charge in [-0.25, -0.2) is 4.98 Å². The van der Waals surface area contributed by atoms with Gasteiger partial charge >= 0.3 is 16.4 Å². The number of aromatic nitrogens is 4. The van der Waals surface area contributed by atoms with Crippen LogP contribution in [0.25, 0.3) is 11.2 Å². The highest BCUT2D eigenvalue weighted by Gasteiger charge is 2.11. The van der Waals surface area contributed by atoms with Crippen LogP contribution in [0, 0.1) is 0 Å². The van der Waals surface area contributed by atoms with Gasteiger partial charge in [0.15, 0.2) is 11.6 Å². The van der Waals surface area contributed by atoms with E-state index >= 15 is 0 Å². The van der Waals surface area contributed by atoms with Gasteiger partial charge < -0.3 is 14.9 Å². The van der Waals surface area contributed by atoms with Crippen molar-refractivity contribution in [2.24, 2.45) is 0 Å². The average Bonchev–Trinajstić information content (AvgIpc) is 2.40. The van der Waals surface area contributed by atoms with Crippen LogP contribution in [0.2, 0.25) is 0 Å². The Morgan fingerprint density at radius 1 is 1.47 bits per heavy atom. The van der Waals surface area contributed by atoms with Gasteiger partial charge in [-0.2, -0.15) is 18.4 Å². The summed E-state index contributed by atoms with van der Waals surface area (Å²) < 4.78 is 33.1. The van der Waals surface area contributed by atoms with Gasteiger partial charge in [-0.1, -0.05) is 0 Å². The number of anilines is 1. The first-order valence-corrected chi connectivity index (χ1v) is 4.96. The topological polar surface area (TPSA) is 144 Å². The number of hydrogen-bond acceptors (Lipinski definition) is 7. The number of nitrogen functional groups attached to an aromatic ring is 1. The monoisotopic (exact) mass is 231 g/mol. The van der Waals surface area contributed by atoms with E-state index < -0.39 is 16.4 Å². The first-order chi connectivity index (χ1) is 6.94. The Bertz CT molecular complexity index is 605. The summed E-state index contributed by atoms with van der Waals surface area (Å²) in [5.74, 6) is 0.114. The number of fused-ring (bicyclic) bond motifs is 1. The van der Waals surface area contributed by atoms with Crippen molar-refractivity contribution in [2.75, 3.05) is 5.73 Å². The SMILES string of the molecule is Nc1nc2nc(OS(=O)(=O)O)ncc2[nH]1. The Morgan fingerprint density at radius 3 is 2.87 bits per heavy atom. The second kappa shape index (κ2) is 3.03. The van der Waals surface area contributed by atoms with Crippen LogP contribution in [-0.2, 0) is 10.4 Å². The van der Waals surface area contributed by atoms with Crippen molar-refractivity contribution >= 4 is 27.5 Å². The normalized spacial score (nSPS) is 11.8. The molecular weight excluding hydrogens is 226 g/mol. The first-order valence-electron chi connectivity index (χ1n) is 3.59. The lowest BCUT2D eigenvalue weighted by Gasteiger charge is -1.96. The van der Waals surface area contributed by atoms with E-state index in [0.717, 1.165) is 0 Å². The van der Waals surface area contributed by atoms with Gasteiger partial charge in [0.1, 0.15) is 5.52 Å². The molecule has 0 bridgehead atoms. The summed E-state index contributed by atoms with van der Waals surface area (Å²) in [5.41, 5.74) is 5.89. The molecule has 2 heterocycles. The Kier molecular flexibility index (Phi) is 1.94. The molecule has 0 aliphatic rings. The number of hydrogen-bond donors (Lipinski definition) is 3. The van der Waals surface area contributed by atoms with Gasteiger partial charge in [-0.15, -0.1) is 0 Å². The second-order valence-corrected chi connectivity index (χ2v) is 3.55. The number of nitrogens with zero attached hydrogens (tertiary/aromatic N) is 3. The fourth-order valence-electron chi connectivity index (χ4n) is 0.945. The molecule has 10 heteroatoms. The molecule has 0 atom stereocenters. The van der Waals surface area contributed by atoms with Crippen molar-refractivity contribution in [2.45, 2.75) is 0 Å². The number of nitrogens with two attached hydrogens (primary N) is 1. The van der Waals surface area contributed by atoms with Crippen LogP contribution in [0.1, 0.15) is 0 Å². The fourth-order valence-corrected chi connectivity index (χ4v) is 1.21. The van der Waals surface area contributed by atoms with E-state index in [9.17, 15) is 8.42 Å². The zero-order chi connectivity index (χ0) is 11.1. The molecule has 0 aliphatic carbocycles. The summed E-state index contributed by atoms with van der Waals surface area (Å²) in [6.45, 7) is 0. The molecule has 0 radical (unpaired) electrons. The third kappa shape index (κ3) is 2.11. The Balaban J connectivity index is 2.47. The maximum Gasteiger partial charge on any atom is 0.449 e. The minimum atomic E-state index is -4.63. The average molecular weight is 231 g/mol. The van der Waals surface area contributed by atoms with E-state index in [-0.39, 0.29) is 11.6 Å². The smallest absolute Gasteiger partial charge is 0.369 e. The molecule has 0 aromatic carbocycles. The lowest BCUT2D eigenvalue weighted by atomic mass is 10.6. The van der Waals surface area contributed by atoms with Crippen LogP contribution < -0.4 is 9.92 Å². The summed E-state index contributed by atoms with van der Waals surface area (Å²) in [7, 11) is -4.63. The molecule has 0 fully saturated rings. The first kappa shape index (κ1) is 9.61. The molecule has 2 rings (SSSR count). The molecule has 0 spiro atoms. The van der Waals surface area contributed by atoms with Crippen molar-refractivity contribution in [3.8, 4) is 6.01 Å². The molecule has 9 nitrogen and oxygen atoms in total. The Labute approximate surface area is 83.3 Å². The maximum atomic E-state index is 10.3. The molecule has 15 heavy (non-hydrogen) atoms. The van der Waals surface area contributed by atoms with Crippen LogP contribution in [0.3, 0.4) is 0 Å². The second-order valence-electron chi connectivity index (χ2n) is 2.52. The fraction of sp³-hybridized carbons (Fsp3) is 0. The van der Waals surface area contributed by atoms with Crippen molar-refractivity contribution in [1.29, 1.82) is 0 Å². The van der Waals surface area contributed by atoms with Crippen LogP contribution >= 0.6 is 0 Å². The lowest BCUT2D eigenvalue weighted by molar-refractivity contribution is 0.375. The summed E-state index contributed by atoms with van der Waals surface area (Å²) in [5, 5.41) is 0. The van der Waals surface area contributed by atoms with Gasteiger partial charge in [0.05, 0.1) is 6.20 Å². The largest absolute Gasteiger partial charge is 0.449 e. The van der Waals surface area contributed by atoms with Gasteiger partial charge in [-0.3, -0.25) is 4.55 Å². The summed E-state index contributed by atoms with van der Waals surface area (Å²) in [4.78, 5) is 13.4. The summed E-state index contributed by atoms with van der Waals surface area (Å²) >= 11 is 0. The number of aromatic amines is 1. The van der Waals surface area contributed by atoms with Gasteiger partial charge in [0.2, 0.25) is 0 Å². The standard InChI is InChI=1S/C5H5N5O4S/c6-4-8-2-1-7-5(10-3(2)9-4)14-15(11,12)13/h1H,(H,11,12,13)(H3,6,7,8,9,10). The van der Waals surface area contributed by atoms with Crippen LogP contribution in [0.4, 0.5) is 5.95 Å². The minimum absolute atomic E-state index is 0.114. The quantitative estimate of drug-likeness (QED) is 0.565. The van der Waals surface area contributed by atoms with Crippen LogP contribution in [-0.4, -0.2) is 32.9 Å². The van der Waals surface area contributed by atoms with E-state index in [1.165, 1.54) is 6.20 Å². The molecule has 0 saturated carbocycles. The number of nitrogens with one attached hydrogen (secondary N) is 1. The molecule has 0 unspecified atom stereocenters. The van der Waals surface area contributed by atoms with Crippen molar-refractivity contribution in [1.82, 2.24) is 19.9 Å². The summed E-state index contributed by atoms with van der Waals surface area (Å²) in [6.07, 6.45) is 1.23. The predicted octanol–water partition coefficient (Wildman–Crippen LogP) is -0.883. The van der Waals surface area contributed by atoms with Crippen molar-refractivity contribution in [3.05, 3.63) is 6.20 Å². The van der Waals surface area contributed by atoms with Crippen molar-refractivity contribution in [3.63, 3.8) is 0 Å². The Hall–Kier alpha value is -1.94. The van der Waals surface area contributed by atoms with E-state index in [1.54, 1.807) is 0 Å². The van der Waals surface area contributed by atoms with E-state index in [2.05, 4.69) is 24.1 Å². The molecule has 2 aromatic rings. The molecule has 80 valence electrons. The highest BCUT2D eigenvalue weighted by atomic mass is 32.3. The van der Waals surface area contributed by atoms with Crippen molar-refractivity contribution < 1.29 is 17.2 Å². The van der Waals surface area contributed by atoms with E-state index in [4.69, 9.17) is 10.3 Å². The minimum Gasteiger partial charge on any atom is -0.369 e. The predicted molar refractivity (Wildman–Crippen MR) is 48.3 cm³/mol. The van der Waals surface area contributed by atoms with E-state index in [0.29, 0.717) is 5.52 Å². The van der Waals surface area contributed by atoms with Gasteiger partial charge in [-0.05, 0) is 0 Å². The molecule has 0 aliphatic heterocycles. The third-order valence-electron chi connectivity index (χ3n) is 1.42. The van der Waals surface area contributed by atoms with Gasteiger partial charge in [0, 0.05) is 0 Å². The van der Waals surface area contributed by atoms with Crippen LogP contribution in [0.15, 0.2) is 6.20 Å². The van der Waals surface area contributed by atoms with Crippen LogP contribution in [0.5, 0.6) is 6.01 Å². The highest BCUT2D eigenvalue weighted by Crippen LogP contribution is 2.12. The zero-order valence-corrected chi connectivity index (χ0v) is 7.89. The van der Waals surface area contributed by atoms with E-state index in [1.807, 2.05) is 0 Å². The lowest BCUT2D eigenvalue weighted by Crippen LogP contribution is -2.09. The zero-order valence-electron chi connectivity index (χ0n) is 7.08. The third-order valence-corrected chi connectivity index (χ3v) is 1.78.